The fraction of sp³-hybridized carbons (Fsp3) is 0.0588. The van der Waals surface area contributed by atoms with Gasteiger partial charge in [-0.2, -0.15) is 10.2 Å². The molecule has 1 N–H and O–H groups in total. The Morgan fingerprint density at radius 1 is 1.19 bits per heavy atom. The summed E-state index contributed by atoms with van der Waals surface area (Å²) in [6.45, 7) is 1.80. The van der Waals surface area contributed by atoms with Gasteiger partial charge in [0, 0.05) is 11.1 Å². The normalized spacial score (nSPS) is 11.0. The van der Waals surface area contributed by atoms with Crippen LogP contribution in [-0.2, 0) is 0 Å². The van der Waals surface area contributed by atoms with Crippen LogP contribution in [0.4, 0.5) is 11.4 Å². The number of para-hydroxylation sites is 2. The SMILES string of the molecule is Cc1nn(-c2ccc(Cl)cc2)c(Cl)c1/C=N/Nc1ccccc1[N+](=O)[O-]. The summed E-state index contributed by atoms with van der Waals surface area (Å²) in [4.78, 5) is 10.5. The van der Waals surface area contributed by atoms with Gasteiger partial charge in [-0.3, -0.25) is 15.5 Å². The van der Waals surface area contributed by atoms with Crippen LogP contribution in [0.15, 0.2) is 53.6 Å². The average molecular weight is 390 g/mol. The number of hydrazone groups is 1. The van der Waals surface area contributed by atoms with Crippen molar-refractivity contribution in [2.45, 2.75) is 6.92 Å². The van der Waals surface area contributed by atoms with Gasteiger partial charge >= 0.3 is 0 Å². The molecule has 0 unspecified atom stereocenters. The van der Waals surface area contributed by atoms with Gasteiger partial charge in [0.05, 0.1) is 28.1 Å². The fourth-order valence-electron chi connectivity index (χ4n) is 2.30. The van der Waals surface area contributed by atoms with Crippen molar-refractivity contribution in [1.82, 2.24) is 9.78 Å². The summed E-state index contributed by atoms with van der Waals surface area (Å²) in [7, 11) is 0. The zero-order valence-corrected chi connectivity index (χ0v) is 15.1. The number of nitro groups is 1. The average Bonchev–Trinajstić information content (AvgIpc) is 2.91. The number of benzene rings is 2. The molecule has 0 bridgehead atoms. The molecule has 0 amide bonds. The molecule has 0 atom stereocenters. The van der Waals surface area contributed by atoms with Crippen LogP contribution in [0.1, 0.15) is 11.3 Å². The van der Waals surface area contributed by atoms with Crippen molar-refractivity contribution in [2.75, 3.05) is 5.43 Å². The van der Waals surface area contributed by atoms with Gasteiger partial charge < -0.3 is 0 Å². The van der Waals surface area contributed by atoms with Gasteiger partial charge in [-0.05, 0) is 37.3 Å². The topological polar surface area (TPSA) is 85.3 Å². The Kier molecular flexibility index (Phi) is 5.20. The molecule has 7 nitrogen and oxygen atoms in total. The van der Waals surface area contributed by atoms with Crippen molar-refractivity contribution in [2.24, 2.45) is 5.10 Å². The van der Waals surface area contributed by atoms with Gasteiger partial charge in [0.15, 0.2) is 0 Å². The number of anilines is 1. The highest BCUT2D eigenvalue weighted by Gasteiger charge is 2.14. The maximum atomic E-state index is 11.0. The Morgan fingerprint density at radius 2 is 1.88 bits per heavy atom. The molecule has 3 aromatic rings. The van der Waals surface area contributed by atoms with Crippen molar-refractivity contribution in [1.29, 1.82) is 0 Å². The predicted octanol–water partition coefficient (Wildman–Crippen LogP) is 4.84. The van der Waals surface area contributed by atoms with Crippen LogP contribution in [-0.4, -0.2) is 20.9 Å². The predicted molar refractivity (Wildman–Crippen MR) is 103 cm³/mol. The lowest BCUT2D eigenvalue weighted by atomic mass is 10.3. The van der Waals surface area contributed by atoms with Crippen LogP contribution in [0.3, 0.4) is 0 Å². The molecule has 0 aliphatic carbocycles. The Balaban J connectivity index is 1.86. The van der Waals surface area contributed by atoms with Gasteiger partial charge in [0.25, 0.3) is 5.69 Å². The summed E-state index contributed by atoms with van der Waals surface area (Å²) in [5, 5.41) is 20.5. The highest BCUT2D eigenvalue weighted by Crippen LogP contribution is 2.25. The van der Waals surface area contributed by atoms with Gasteiger partial charge in [-0.1, -0.05) is 35.3 Å². The highest BCUT2D eigenvalue weighted by atomic mass is 35.5. The van der Waals surface area contributed by atoms with Crippen molar-refractivity contribution in [3.8, 4) is 5.69 Å². The van der Waals surface area contributed by atoms with E-state index in [0.29, 0.717) is 21.4 Å². The first-order valence-corrected chi connectivity index (χ1v) is 8.26. The molecule has 0 saturated carbocycles. The number of hydrogen-bond acceptors (Lipinski definition) is 5. The van der Waals surface area contributed by atoms with Crippen LogP contribution >= 0.6 is 23.2 Å². The van der Waals surface area contributed by atoms with Crippen molar-refractivity contribution >= 4 is 40.8 Å². The minimum atomic E-state index is -0.478. The second-order valence-corrected chi connectivity index (χ2v) is 6.12. The van der Waals surface area contributed by atoms with E-state index in [-0.39, 0.29) is 11.4 Å². The molecule has 132 valence electrons. The first-order valence-electron chi connectivity index (χ1n) is 7.51. The number of hydrogen-bond donors (Lipinski definition) is 1. The smallest absolute Gasteiger partial charge is 0.272 e. The molecule has 26 heavy (non-hydrogen) atoms. The Bertz CT molecular complexity index is 983. The first-order chi connectivity index (χ1) is 12.5. The quantitative estimate of drug-likeness (QED) is 0.384. The number of aromatic nitrogens is 2. The van der Waals surface area contributed by atoms with E-state index in [0.717, 1.165) is 5.69 Å². The Labute approximate surface area is 159 Å². The molecule has 0 aliphatic heterocycles. The summed E-state index contributed by atoms with van der Waals surface area (Å²) < 4.78 is 1.57. The number of nitrogens with one attached hydrogen (secondary N) is 1. The monoisotopic (exact) mass is 389 g/mol. The lowest BCUT2D eigenvalue weighted by Gasteiger charge is -2.03. The molecule has 0 radical (unpaired) electrons. The Morgan fingerprint density at radius 3 is 2.58 bits per heavy atom. The molecule has 0 fully saturated rings. The third kappa shape index (κ3) is 3.68. The Hall–Kier alpha value is -2.90. The summed E-state index contributed by atoms with van der Waals surface area (Å²) in [6.07, 6.45) is 1.48. The van der Waals surface area contributed by atoms with Crippen LogP contribution in [0.5, 0.6) is 0 Å². The molecule has 0 spiro atoms. The summed E-state index contributed by atoms with van der Waals surface area (Å²) in [5.74, 6) is 0. The van der Waals surface area contributed by atoms with E-state index in [9.17, 15) is 10.1 Å². The minimum absolute atomic E-state index is 0.0654. The second-order valence-electron chi connectivity index (χ2n) is 5.32. The summed E-state index contributed by atoms with van der Waals surface area (Å²) in [6, 6.07) is 13.3. The van der Waals surface area contributed by atoms with Crippen LogP contribution in [0.25, 0.3) is 5.69 Å². The summed E-state index contributed by atoms with van der Waals surface area (Å²) >= 11 is 12.3. The molecular formula is C17H13Cl2N5O2. The number of halogens is 2. The molecule has 9 heteroatoms. The van der Waals surface area contributed by atoms with Gasteiger partial charge in [-0.15, -0.1) is 0 Å². The summed E-state index contributed by atoms with van der Waals surface area (Å²) in [5.41, 5.74) is 4.92. The zero-order valence-electron chi connectivity index (χ0n) is 13.6. The maximum absolute atomic E-state index is 11.0. The molecule has 3 rings (SSSR count). The van der Waals surface area contributed by atoms with E-state index in [2.05, 4.69) is 15.6 Å². The molecule has 0 saturated heterocycles. The number of nitro benzene ring substituents is 1. The maximum Gasteiger partial charge on any atom is 0.294 e. The number of nitrogens with zero attached hydrogens (tertiary/aromatic N) is 4. The van der Waals surface area contributed by atoms with Crippen LogP contribution in [0, 0.1) is 17.0 Å². The van der Waals surface area contributed by atoms with E-state index >= 15 is 0 Å². The fourth-order valence-corrected chi connectivity index (χ4v) is 2.75. The van der Waals surface area contributed by atoms with E-state index in [1.165, 1.54) is 12.3 Å². The third-order valence-electron chi connectivity index (χ3n) is 3.60. The number of aryl methyl sites for hydroxylation is 1. The molecular weight excluding hydrogens is 377 g/mol. The van der Waals surface area contributed by atoms with Gasteiger partial charge in [0.1, 0.15) is 10.8 Å². The molecule has 2 aromatic carbocycles. The van der Waals surface area contributed by atoms with Crippen LogP contribution in [0.2, 0.25) is 10.2 Å². The van der Waals surface area contributed by atoms with E-state index in [1.807, 2.05) is 0 Å². The van der Waals surface area contributed by atoms with Crippen LogP contribution < -0.4 is 5.43 Å². The van der Waals surface area contributed by atoms with Crippen molar-refractivity contribution < 1.29 is 4.92 Å². The third-order valence-corrected chi connectivity index (χ3v) is 4.21. The lowest BCUT2D eigenvalue weighted by Crippen LogP contribution is -1.97. The second kappa shape index (κ2) is 7.55. The van der Waals surface area contributed by atoms with Crippen molar-refractivity contribution in [3.63, 3.8) is 0 Å². The first kappa shape index (κ1) is 17.9. The van der Waals surface area contributed by atoms with E-state index in [4.69, 9.17) is 23.2 Å². The van der Waals surface area contributed by atoms with E-state index in [1.54, 1.807) is 54.1 Å². The highest BCUT2D eigenvalue weighted by molar-refractivity contribution is 6.32. The standard InChI is InChI=1S/C17H13Cl2N5O2/c1-11-14(10-20-21-15-4-2-3-5-16(15)24(25)26)17(19)23(22-11)13-8-6-12(18)7-9-13/h2-10,21H,1H3/b20-10+. The van der Waals surface area contributed by atoms with Gasteiger partial charge in [-0.25, -0.2) is 4.68 Å². The number of rotatable bonds is 5. The van der Waals surface area contributed by atoms with E-state index < -0.39 is 4.92 Å². The van der Waals surface area contributed by atoms with Gasteiger partial charge in [0.2, 0.25) is 0 Å². The lowest BCUT2D eigenvalue weighted by molar-refractivity contribution is -0.384. The van der Waals surface area contributed by atoms with Crippen molar-refractivity contribution in [3.05, 3.63) is 80.1 Å². The zero-order chi connectivity index (χ0) is 18.7. The largest absolute Gasteiger partial charge is 0.294 e. The molecule has 1 heterocycles. The molecule has 1 aromatic heterocycles. The molecule has 0 aliphatic rings. The minimum Gasteiger partial charge on any atom is -0.272 e.